The monoisotopic (exact) mass is 226 g/mol. The van der Waals surface area contributed by atoms with Crippen molar-refractivity contribution in [1.29, 1.82) is 0 Å². The number of hydrogen-bond donors (Lipinski definition) is 2. The first-order valence-corrected chi connectivity index (χ1v) is 3.27. The van der Waals surface area contributed by atoms with E-state index in [-0.39, 0.29) is 0 Å². The summed E-state index contributed by atoms with van der Waals surface area (Å²) in [5.41, 5.74) is 8.01. The third-order valence-electron chi connectivity index (χ3n) is 2.14. The van der Waals surface area contributed by atoms with Crippen LogP contribution in [0.5, 0.6) is 0 Å². The minimum Gasteiger partial charge on any atom is -0.317 e. The van der Waals surface area contributed by atoms with Gasteiger partial charge in [-0.05, 0) is 0 Å². The Morgan fingerprint density at radius 2 is 1.14 bits per heavy atom. The highest BCUT2D eigenvalue weighted by atomic mass is 19.3. The summed E-state index contributed by atoms with van der Waals surface area (Å²) in [7, 11) is 0. The van der Waals surface area contributed by atoms with Crippen molar-refractivity contribution >= 4 is 0 Å². The fraction of sp³-hybridized carbons (Fsp3) is 1.00. The predicted octanol–water partition coefficient (Wildman–Crippen LogP) is 0.858. The van der Waals surface area contributed by atoms with E-state index >= 15 is 0 Å². The molecule has 1 rings (SSSR count). The van der Waals surface area contributed by atoms with Crippen LogP contribution in [0.4, 0.5) is 30.7 Å². The molecule has 84 valence electrons. The zero-order valence-corrected chi connectivity index (χ0v) is 6.38. The lowest BCUT2D eigenvalue weighted by atomic mass is 10.1. The van der Waals surface area contributed by atoms with Crippen molar-refractivity contribution in [3.8, 4) is 0 Å². The highest BCUT2D eigenvalue weighted by molar-refractivity contribution is 5.22. The second-order valence-electron chi connectivity index (χ2n) is 3.01. The van der Waals surface area contributed by atoms with E-state index < -0.39 is 29.6 Å². The quantitative estimate of drug-likeness (QED) is 0.475. The molecular weight excluding hydrogens is 221 g/mol. The topological polar surface area (TPSA) is 52.0 Å². The smallest absolute Gasteiger partial charge is 0.317 e. The maximum absolute atomic E-state index is 12.6. The van der Waals surface area contributed by atoms with Crippen molar-refractivity contribution < 1.29 is 30.7 Å². The van der Waals surface area contributed by atoms with Gasteiger partial charge in [-0.15, -0.1) is 0 Å². The molecule has 1 fully saturated rings. The average molecular weight is 226 g/mol. The van der Waals surface area contributed by atoms with Crippen LogP contribution in [-0.4, -0.2) is 29.6 Å². The van der Waals surface area contributed by atoms with Crippen LogP contribution in [0.3, 0.4) is 0 Å². The number of hydrogen-bond acceptors (Lipinski definition) is 2. The van der Waals surface area contributed by atoms with Crippen LogP contribution in [0.25, 0.3) is 0 Å². The van der Waals surface area contributed by atoms with Crippen LogP contribution in [0.1, 0.15) is 0 Å². The van der Waals surface area contributed by atoms with E-state index in [1.807, 2.05) is 0 Å². The summed E-state index contributed by atoms with van der Waals surface area (Å²) >= 11 is 0. The van der Waals surface area contributed by atoms with E-state index in [9.17, 15) is 30.7 Å². The van der Waals surface area contributed by atoms with Crippen molar-refractivity contribution in [3.05, 3.63) is 0 Å². The van der Waals surface area contributed by atoms with E-state index in [0.29, 0.717) is 0 Å². The number of halogens is 7. The van der Waals surface area contributed by atoms with E-state index in [4.69, 9.17) is 0 Å². The molecule has 9 heteroatoms. The molecule has 4 N–H and O–H groups in total. The summed E-state index contributed by atoms with van der Waals surface area (Å²) in [6, 6.07) is -3.65. The zero-order chi connectivity index (χ0) is 11.6. The summed E-state index contributed by atoms with van der Waals surface area (Å²) in [6.45, 7) is 0. The third-order valence-corrected chi connectivity index (χ3v) is 2.14. The molecule has 0 radical (unpaired) electrons. The van der Waals surface area contributed by atoms with Crippen LogP contribution in [0.2, 0.25) is 0 Å². The molecule has 0 aromatic heterocycles. The zero-order valence-electron chi connectivity index (χ0n) is 6.38. The lowest BCUT2D eigenvalue weighted by Gasteiger charge is -2.27. The number of nitrogens with two attached hydrogens (primary N) is 2. The van der Waals surface area contributed by atoms with Crippen LogP contribution in [0, 0.1) is 0 Å². The van der Waals surface area contributed by atoms with Gasteiger partial charge in [-0.25, -0.2) is 4.39 Å². The first-order valence-electron chi connectivity index (χ1n) is 3.27. The highest BCUT2D eigenvalue weighted by Crippen LogP contribution is 2.59. The molecule has 1 unspecified atom stereocenters. The number of alkyl halides is 7. The standard InChI is InChI=1S/C5H5F7N2/c6-2(7)1(13)3(8,9)5(12,14)4(2,10)11/h1H,13-14H2/t1-,5?/m0/s1. The van der Waals surface area contributed by atoms with Gasteiger partial charge >= 0.3 is 17.8 Å². The molecule has 0 spiro atoms. The first-order chi connectivity index (χ1) is 5.90. The van der Waals surface area contributed by atoms with Gasteiger partial charge in [0.1, 0.15) is 6.04 Å². The van der Waals surface area contributed by atoms with E-state index in [1.165, 1.54) is 0 Å². The predicted molar refractivity (Wildman–Crippen MR) is 30.8 cm³/mol. The molecule has 2 nitrogen and oxygen atoms in total. The van der Waals surface area contributed by atoms with Crippen LogP contribution < -0.4 is 11.5 Å². The first kappa shape index (κ1) is 11.5. The Morgan fingerprint density at radius 1 is 0.786 bits per heavy atom. The van der Waals surface area contributed by atoms with Gasteiger partial charge in [0.15, 0.2) is 0 Å². The van der Waals surface area contributed by atoms with Crippen LogP contribution in [-0.2, 0) is 0 Å². The minimum absolute atomic E-state index is 3.65. The Labute approximate surface area is 73.0 Å². The van der Waals surface area contributed by atoms with Gasteiger partial charge in [-0.2, -0.15) is 26.3 Å². The summed E-state index contributed by atoms with van der Waals surface area (Å²) in [4.78, 5) is 0. The molecule has 1 saturated carbocycles. The maximum Gasteiger partial charge on any atom is 0.364 e. The van der Waals surface area contributed by atoms with Gasteiger partial charge in [0, 0.05) is 0 Å². The summed E-state index contributed by atoms with van der Waals surface area (Å²) in [5.74, 6) is -21.4. The minimum atomic E-state index is -5.71. The van der Waals surface area contributed by atoms with E-state index in [2.05, 4.69) is 11.5 Å². The lowest BCUT2D eigenvalue weighted by Crippen LogP contribution is -2.61. The largest absolute Gasteiger partial charge is 0.364 e. The van der Waals surface area contributed by atoms with E-state index in [1.54, 1.807) is 0 Å². The van der Waals surface area contributed by atoms with Crippen molar-refractivity contribution in [2.45, 2.75) is 29.6 Å². The Hall–Kier alpha value is -0.570. The van der Waals surface area contributed by atoms with Crippen molar-refractivity contribution in [3.63, 3.8) is 0 Å². The summed E-state index contributed by atoms with van der Waals surface area (Å²) < 4.78 is 87.4. The van der Waals surface area contributed by atoms with Crippen LogP contribution >= 0.6 is 0 Å². The Balaban J connectivity index is 3.38. The summed E-state index contributed by atoms with van der Waals surface area (Å²) in [6.07, 6.45) is 0. The van der Waals surface area contributed by atoms with Crippen molar-refractivity contribution in [2.75, 3.05) is 0 Å². The third kappa shape index (κ3) is 0.842. The molecule has 14 heavy (non-hydrogen) atoms. The molecule has 2 atom stereocenters. The Bertz CT molecular complexity index is 235. The Morgan fingerprint density at radius 3 is 1.21 bits per heavy atom. The molecule has 1 aliphatic carbocycles. The Kier molecular flexibility index (Phi) is 1.91. The lowest BCUT2D eigenvalue weighted by molar-refractivity contribution is -0.251. The van der Waals surface area contributed by atoms with Gasteiger partial charge in [0.25, 0.3) is 5.79 Å². The molecule has 0 aromatic carbocycles. The molecule has 0 bridgehead atoms. The second-order valence-corrected chi connectivity index (χ2v) is 3.01. The molecule has 0 heterocycles. The normalized spacial score (nSPS) is 43.9. The van der Waals surface area contributed by atoms with Gasteiger partial charge in [0.05, 0.1) is 0 Å². The van der Waals surface area contributed by atoms with Crippen LogP contribution in [0.15, 0.2) is 0 Å². The molecule has 1 aliphatic rings. The second kappa shape index (κ2) is 2.32. The van der Waals surface area contributed by atoms with Gasteiger partial charge < -0.3 is 5.73 Å². The molecule has 0 aliphatic heterocycles. The molecule has 0 amide bonds. The molecular formula is C5H5F7N2. The van der Waals surface area contributed by atoms with Gasteiger partial charge in [-0.3, -0.25) is 5.73 Å². The fourth-order valence-electron chi connectivity index (χ4n) is 1.10. The highest BCUT2D eigenvalue weighted by Gasteiger charge is 2.90. The van der Waals surface area contributed by atoms with Crippen molar-refractivity contribution in [1.82, 2.24) is 0 Å². The van der Waals surface area contributed by atoms with Gasteiger partial charge in [-0.1, -0.05) is 0 Å². The summed E-state index contributed by atoms with van der Waals surface area (Å²) in [5, 5.41) is 0. The average Bonchev–Trinajstić information content (AvgIpc) is 2.05. The van der Waals surface area contributed by atoms with Crippen molar-refractivity contribution in [2.24, 2.45) is 11.5 Å². The maximum atomic E-state index is 12.6. The molecule has 0 aromatic rings. The van der Waals surface area contributed by atoms with E-state index in [0.717, 1.165) is 0 Å². The fourth-order valence-corrected chi connectivity index (χ4v) is 1.10. The van der Waals surface area contributed by atoms with Gasteiger partial charge in [0.2, 0.25) is 0 Å². The number of rotatable bonds is 0. The SMILES string of the molecule is N[C@@H]1C(F)(F)C(N)(F)C(F)(F)C1(F)F. The molecule has 0 saturated heterocycles.